The van der Waals surface area contributed by atoms with Crippen molar-refractivity contribution in [1.29, 1.82) is 0 Å². The van der Waals surface area contributed by atoms with Gasteiger partial charge < -0.3 is 4.40 Å². The molecule has 0 aliphatic rings. The van der Waals surface area contributed by atoms with Crippen molar-refractivity contribution in [3.8, 4) is 16.9 Å². The van der Waals surface area contributed by atoms with Gasteiger partial charge in [0.1, 0.15) is 22.8 Å². The summed E-state index contributed by atoms with van der Waals surface area (Å²) in [7, 11) is 0. The molecule has 0 amide bonds. The Bertz CT molecular complexity index is 1100. The predicted molar refractivity (Wildman–Crippen MR) is 89.9 cm³/mol. The molecule has 3 heterocycles. The Morgan fingerprint density at radius 3 is 2.69 bits per heavy atom. The van der Waals surface area contributed by atoms with Crippen LogP contribution in [0.1, 0.15) is 11.4 Å². The largest absolute Gasteiger partial charge is 0.306 e. The van der Waals surface area contributed by atoms with Crippen molar-refractivity contribution >= 4 is 5.65 Å². The fourth-order valence-electron chi connectivity index (χ4n) is 2.88. The topological polar surface area (TPSA) is 48.0 Å². The molecule has 0 bridgehead atoms. The Labute approximate surface area is 146 Å². The molecule has 0 unspecified atom stereocenters. The summed E-state index contributed by atoms with van der Waals surface area (Å²) in [5.74, 6) is -1.37. The molecule has 132 valence electrons. The van der Waals surface area contributed by atoms with E-state index in [1.807, 2.05) is 12.3 Å². The fraction of sp³-hybridized carbons (Fsp3) is 0.167. The third-order valence-electron chi connectivity index (χ3n) is 4.16. The maximum atomic E-state index is 14.0. The normalized spacial score (nSPS) is 11.4. The van der Waals surface area contributed by atoms with Gasteiger partial charge >= 0.3 is 0 Å². The average Bonchev–Trinajstić information content (AvgIpc) is 3.18. The van der Waals surface area contributed by atoms with Crippen LogP contribution in [0, 0.1) is 18.6 Å². The number of nitrogens with zero attached hydrogens (tertiary/aromatic N) is 5. The van der Waals surface area contributed by atoms with E-state index in [1.165, 1.54) is 16.8 Å². The molecule has 26 heavy (non-hydrogen) atoms. The molecule has 8 heteroatoms. The highest BCUT2D eigenvalue weighted by Gasteiger charge is 2.16. The zero-order valence-corrected chi connectivity index (χ0v) is 13.8. The van der Waals surface area contributed by atoms with Gasteiger partial charge in [-0.2, -0.15) is 0 Å². The summed E-state index contributed by atoms with van der Waals surface area (Å²) in [4.78, 5) is 4.33. The lowest BCUT2D eigenvalue weighted by Crippen LogP contribution is -2.02. The van der Waals surface area contributed by atoms with Gasteiger partial charge in [-0.3, -0.25) is 4.39 Å². The van der Waals surface area contributed by atoms with E-state index in [2.05, 4.69) is 15.3 Å². The molecule has 3 aromatic heterocycles. The highest BCUT2D eigenvalue weighted by atomic mass is 19.1. The van der Waals surface area contributed by atoms with Crippen molar-refractivity contribution in [3.63, 3.8) is 0 Å². The summed E-state index contributed by atoms with van der Waals surface area (Å²) in [5, 5.41) is 8.13. The zero-order chi connectivity index (χ0) is 18.3. The van der Waals surface area contributed by atoms with Crippen LogP contribution >= 0.6 is 0 Å². The van der Waals surface area contributed by atoms with E-state index in [9.17, 15) is 13.2 Å². The average molecular weight is 357 g/mol. The minimum atomic E-state index is -0.717. The molecule has 0 saturated heterocycles. The van der Waals surface area contributed by atoms with Crippen LogP contribution in [0.5, 0.6) is 0 Å². The van der Waals surface area contributed by atoms with Crippen molar-refractivity contribution in [2.75, 3.05) is 6.67 Å². The molecular weight excluding hydrogens is 343 g/mol. The van der Waals surface area contributed by atoms with Crippen LogP contribution in [0.3, 0.4) is 0 Å². The van der Waals surface area contributed by atoms with Crippen LogP contribution in [0.2, 0.25) is 0 Å². The molecule has 0 saturated carbocycles. The van der Waals surface area contributed by atoms with Gasteiger partial charge in [-0.05, 0) is 31.2 Å². The number of fused-ring (bicyclic) bond motifs is 1. The van der Waals surface area contributed by atoms with Crippen molar-refractivity contribution < 1.29 is 13.2 Å². The molecule has 4 aromatic rings. The van der Waals surface area contributed by atoms with Crippen LogP contribution < -0.4 is 0 Å². The number of halogens is 3. The van der Waals surface area contributed by atoms with Gasteiger partial charge in [0.15, 0.2) is 5.82 Å². The second kappa shape index (κ2) is 6.29. The summed E-state index contributed by atoms with van der Waals surface area (Å²) in [6.45, 7) is 1.29. The summed E-state index contributed by atoms with van der Waals surface area (Å²) in [6, 6.07) is 6.92. The molecular formula is C18H14F3N5. The van der Waals surface area contributed by atoms with Crippen LogP contribution in [-0.4, -0.2) is 31.1 Å². The standard InChI is InChI=1S/C18H14F3N5/c1-11-18(23-24-26(11)16-4-3-13(20)8-15(16)21)12-2-5-17-22-14(6-7-19)10-25(17)9-12/h2-5,8-10H,6-7H2,1H3. The van der Waals surface area contributed by atoms with E-state index >= 15 is 0 Å². The third kappa shape index (κ3) is 2.73. The first-order valence-corrected chi connectivity index (χ1v) is 7.98. The Morgan fingerprint density at radius 1 is 1.08 bits per heavy atom. The van der Waals surface area contributed by atoms with Gasteiger partial charge in [0, 0.05) is 30.4 Å². The summed E-state index contributed by atoms with van der Waals surface area (Å²) in [5.41, 5.74) is 3.42. The van der Waals surface area contributed by atoms with Gasteiger partial charge in [-0.15, -0.1) is 5.10 Å². The van der Waals surface area contributed by atoms with E-state index in [4.69, 9.17) is 0 Å². The molecule has 4 rings (SSSR count). The summed E-state index contributed by atoms with van der Waals surface area (Å²) < 4.78 is 42.8. The number of rotatable bonds is 4. The lowest BCUT2D eigenvalue weighted by atomic mass is 10.1. The van der Waals surface area contributed by atoms with Gasteiger partial charge in [0.25, 0.3) is 0 Å². The summed E-state index contributed by atoms with van der Waals surface area (Å²) in [6.07, 6.45) is 3.83. The van der Waals surface area contributed by atoms with Crippen LogP contribution in [-0.2, 0) is 6.42 Å². The first-order valence-electron chi connectivity index (χ1n) is 7.98. The highest BCUT2D eigenvalue weighted by molar-refractivity contribution is 5.63. The monoisotopic (exact) mass is 357 g/mol. The van der Waals surface area contributed by atoms with Crippen molar-refractivity contribution in [2.45, 2.75) is 13.3 Å². The van der Waals surface area contributed by atoms with E-state index in [1.54, 1.807) is 23.6 Å². The number of pyridine rings is 1. The molecule has 5 nitrogen and oxygen atoms in total. The number of aromatic nitrogens is 5. The zero-order valence-electron chi connectivity index (χ0n) is 13.8. The minimum absolute atomic E-state index is 0.122. The van der Waals surface area contributed by atoms with Gasteiger partial charge in [-0.25, -0.2) is 18.4 Å². The first kappa shape index (κ1) is 16.3. The molecule has 0 radical (unpaired) electrons. The number of imidazole rings is 1. The van der Waals surface area contributed by atoms with Crippen LogP contribution in [0.15, 0.2) is 42.7 Å². The molecule has 0 aliphatic heterocycles. The molecule has 0 atom stereocenters. The smallest absolute Gasteiger partial charge is 0.151 e. The Kier molecular flexibility index (Phi) is 3.95. The Morgan fingerprint density at radius 2 is 1.92 bits per heavy atom. The first-order chi connectivity index (χ1) is 12.6. The number of alkyl halides is 1. The van der Waals surface area contributed by atoms with Crippen LogP contribution in [0.4, 0.5) is 13.2 Å². The second-order valence-electron chi connectivity index (χ2n) is 5.89. The van der Waals surface area contributed by atoms with Crippen molar-refractivity contribution in [3.05, 3.63) is 65.7 Å². The number of hydrogen-bond acceptors (Lipinski definition) is 3. The molecule has 0 spiro atoms. The lowest BCUT2D eigenvalue weighted by Gasteiger charge is -2.05. The molecule has 0 fully saturated rings. The van der Waals surface area contributed by atoms with Crippen molar-refractivity contribution in [1.82, 2.24) is 24.4 Å². The third-order valence-corrected chi connectivity index (χ3v) is 4.16. The SMILES string of the molecule is Cc1c(-c2ccc3nc(CCF)cn3c2)nnn1-c1ccc(F)cc1F. The van der Waals surface area contributed by atoms with Crippen LogP contribution in [0.25, 0.3) is 22.6 Å². The lowest BCUT2D eigenvalue weighted by molar-refractivity contribution is 0.492. The number of hydrogen-bond donors (Lipinski definition) is 0. The maximum Gasteiger partial charge on any atom is 0.151 e. The van der Waals surface area contributed by atoms with Crippen molar-refractivity contribution in [2.24, 2.45) is 0 Å². The Balaban J connectivity index is 1.77. The van der Waals surface area contributed by atoms with E-state index < -0.39 is 18.3 Å². The summed E-state index contributed by atoms with van der Waals surface area (Å²) >= 11 is 0. The van der Waals surface area contributed by atoms with Gasteiger partial charge in [-0.1, -0.05) is 5.21 Å². The van der Waals surface area contributed by atoms with Gasteiger partial charge in [0.2, 0.25) is 0 Å². The number of benzene rings is 1. The number of aryl methyl sites for hydroxylation is 1. The predicted octanol–water partition coefficient (Wildman–Crippen LogP) is 3.68. The highest BCUT2D eigenvalue weighted by Crippen LogP contribution is 2.24. The second-order valence-corrected chi connectivity index (χ2v) is 5.89. The van der Waals surface area contributed by atoms with E-state index in [0.717, 1.165) is 11.6 Å². The minimum Gasteiger partial charge on any atom is -0.306 e. The molecule has 0 N–H and O–H groups in total. The fourth-order valence-corrected chi connectivity index (χ4v) is 2.88. The molecule has 1 aromatic carbocycles. The van der Waals surface area contributed by atoms with Gasteiger partial charge in [0.05, 0.1) is 18.1 Å². The Hall–Kier alpha value is -3.16. The maximum absolute atomic E-state index is 14.0. The molecule has 0 aliphatic carbocycles. The van der Waals surface area contributed by atoms with E-state index in [0.29, 0.717) is 22.7 Å². The van der Waals surface area contributed by atoms with E-state index in [-0.39, 0.29) is 12.1 Å². The quantitative estimate of drug-likeness (QED) is 0.560.